The predicted molar refractivity (Wildman–Crippen MR) is 127 cm³/mol. The highest BCUT2D eigenvalue weighted by Gasteiger charge is 2.16. The van der Waals surface area contributed by atoms with E-state index in [1.165, 1.54) is 12.1 Å². The molecule has 0 unspecified atom stereocenters. The minimum atomic E-state index is -0.338. The van der Waals surface area contributed by atoms with Crippen molar-refractivity contribution in [2.45, 2.75) is 26.5 Å². The zero-order chi connectivity index (χ0) is 23.7. The number of hydrogen-bond acceptors (Lipinski definition) is 5. The molecule has 0 aliphatic heterocycles. The van der Waals surface area contributed by atoms with Crippen molar-refractivity contribution in [3.63, 3.8) is 0 Å². The van der Waals surface area contributed by atoms with Crippen LogP contribution in [0.2, 0.25) is 0 Å². The summed E-state index contributed by atoms with van der Waals surface area (Å²) in [6, 6.07) is 15.0. The van der Waals surface area contributed by atoms with Gasteiger partial charge in [0, 0.05) is 36.3 Å². The molecule has 5 aromatic rings. The lowest BCUT2D eigenvalue weighted by Crippen LogP contribution is -2.23. The molecule has 0 bridgehead atoms. The molecule has 0 spiro atoms. The third kappa shape index (κ3) is 4.43. The van der Waals surface area contributed by atoms with Gasteiger partial charge in [-0.25, -0.2) is 19.3 Å². The maximum atomic E-state index is 13.4. The van der Waals surface area contributed by atoms with Crippen molar-refractivity contribution in [1.29, 1.82) is 0 Å². The van der Waals surface area contributed by atoms with E-state index in [0.717, 1.165) is 11.2 Å². The summed E-state index contributed by atoms with van der Waals surface area (Å²) in [5, 5.41) is 2.94. The second-order valence-corrected chi connectivity index (χ2v) is 8.17. The minimum absolute atomic E-state index is 0.113. The fourth-order valence-electron chi connectivity index (χ4n) is 3.64. The lowest BCUT2D eigenvalue weighted by atomic mass is 10.1. The van der Waals surface area contributed by atoms with Crippen molar-refractivity contribution in [1.82, 2.24) is 24.7 Å². The molecule has 0 aliphatic rings. The number of amides is 1. The van der Waals surface area contributed by atoms with E-state index in [2.05, 4.69) is 15.3 Å². The van der Waals surface area contributed by atoms with Crippen LogP contribution in [-0.2, 0) is 6.54 Å². The fraction of sp³-hybridized carbons (Fsp3) is 0.154. The number of ether oxygens (including phenoxy) is 1. The molecule has 34 heavy (non-hydrogen) atoms. The van der Waals surface area contributed by atoms with E-state index in [1.807, 2.05) is 42.8 Å². The maximum absolute atomic E-state index is 13.4. The zero-order valence-electron chi connectivity index (χ0n) is 18.7. The zero-order valence-corrected chi connectivity index (χ0v) is 18.7. The number of pyridine rings is 1. The van der Waals surface area contributed by atoms with Crippen molar-refractivity contribution in [2.24, 2.45) is 0 Å². The normalized spacial score (nSPS) is 11.3. The molecule has 5 rings (SSSR count). The van der Waals surface area contributed by atoms with Crippen LogP contribution in [-0.4, -0.2) is 31.4 Å². The van der Waals surface area contributed by atoms with Crippen molar-refractivity contribution in [3.05, 3.63) is 90.1 Å². The summed E-state index contributed by atoms with van der Waals surface area (Å²) >= 11 is 0. The Morgan fingerprint density at radius 3 is 2.68 bits per heavy atom. The summed E-state index contributed by atoms with van der Waals surface area (Å²) in [4.78, 5) is 26.4. The van der Waals surface area contributed by atoms with Crippen LogP contribution in [0.25, 0.3) is 27.9 Å². The molecule has 1 amide bonds. The van der Waals surface area contributed by atoms with Gasteiger partial charge in [0.2, 0.25) is 5.88 Å². The standard InChI is InChI=1S/C26H22FN5O2/c1-16(2)34-26-24(18-4-7-20(27)8-5-18)30-22-13-19(6-9-21(22)31-26)25(33)29-14-17-3-10-23-28-11-12-32(23)15-17/h3-13,15-16H,14H2,1-2H3,(H,29,33). The molecule has 170 valence electrons. The molecule has 3 aromatic heterocycles. The van der Waals surface area contributed by atoms with Crippen molar-refractivity contribution in [3.8, 4) is 17.1 Å². The van der Waals surface area contributed by atoms with E-state index in [1.54, 1.807) is 36.5 Å². The average molecular weight is 455 g/mol. The molecule has 0 fully saturated rings. The number of fused-ring (bicyclic) bond motifs is 2. The first-order valence-electron chi connectivity index (χ1n) is 10.9. The molecular weight excluding hydrogens is 433 g/mol. The third-order valence-electron chi connectivity index (χ3n) is 5.26. The van der Waals surface area contributed by atoms with Crippen LogP contribution in [0.4, 0.5) is 4.39 Å². The quantitative estimate of drug-likeness (QED) is 0.398. The summed E-state index contributed by atoms with van der Waals surface area (Å²) < 4.78 is 21.2. The smallest absolute Gasteiger partial charge is 0.251 e. The van der Waals surface area contributed by atoms with Gasteiger partial charge in [-0.1, -0.05) is 6.07 Å². The Morgan fingerprint density at radius 2 is 1.88 bits per heavy atom. The van der Waals surface area contributed by atoms with Crippen LogP contribution in [0, 0.1) is 5.82 Å². The third-order valence-corrected chi connectivity index (χ3v) is 5.26. The number of rotatable bonds is 6. The topological polar surface area (TPSA) is 81.4 Å². The summed E-state index contributed by atoms with van der Waals surface area (Å²) in [5.74, 6) is -0.198. The van der Waals surface area contributed by atoms with Gasteiger partial charge < -0.3 is 14.5 Å². The Kier molecular flexibility index (Phi) is 5.63. The number of hydrogen-bond donors (Lipinski definition) is 1. The summed E-state index contributed by atoms with van der Waals surface area (Å²) in [5.41, 5.74) is 4.58. The van der Waals surface area contributed by atoms with Gasteiger partial charge >= 0.3 is 0 Å². The number of nitrogens with one attached hydrogen (secondary N) is 1. The van der Waals surface area contributed by atoms with Crippen LogP contribution in [0.1, 0.15) is 29.8 Å². The second kappa shape index (κ2) is 8.90. The molecule has 3 heterocycles. The Bertz CT molecular complexity index is 1490. The summed E-state index contributed by atoms with van der Waals surface area (Å²) in [7, 11) is 0. The van der Waals surface area contributed by atoms with E-state index in [9.17, 15) is 9.18 Å². The average Bonchev–Trinajstić information content (AvgIpc) is 3.30. The highest BCUT2D eigenvalue weighted by Crippen LogP contribution is 2.30. The Hall–Kier alpha value is -4.33. The highest BCUT2D eigenvalue weighted by atomic mass is 19.1. The first-order valence-corrected chi connectivity index (χ1v) is 10.9. The molecule has 0 saturated heterocycles. The van der Waals surface area contributed by atoms with Gasteiger partial charge in [0.25, 0.3) is 5.91 Å². The van der Waals surface area contributed by atoms with Gasteiger partial charge in [-0.15, -0.1) is 0 Å². The first-order chi connectivity index (χ1) is 16.5. The van der Waals surface area contributed by atoms with E-state index >= 15 is 0 Å². The van der Waals surface area contributed by atoms with Crippen molar-refractivity contribution < 1.29 is 13.9 Å². The number of carbonyl (C=O) groups excluding carboxylic acids is 1. The van der Waals surface area contributed by atoms with Crippen LogP contribution in [0.5, 0.6) is 5.88 Å². The number of halogens is 1. The van der Waals surface area contributed by atoms with Gasteiger partial charge in [0.05, 0.1) is 17.1 Å². The minimum Gasteiger partial charge on any atom is -0.473 e. The van der Waals surface area contributed by atoms with Crippen molar-refractivity contribution in [2.75, 3.05) is 0 Å². The lowest BCUT2D eigenvalue weighted by Gasteiger charge is -2.14. The first kappa shape index (κ1) is 21.5. The van der Waals surface area contributed by atoms with E-state index in [0.29, 0.717) is 40.3 Å². The van der Waals surface area contributed by atoms with Gasteiger partial charge in [0.15, 0.2) is 0 Å². The van der Waals surface area contributed by atoms with Gasteiger partial charge in [-0.05, 0) is 67.9 Å². The summed E-state index contributed by atoms with van der Waals surface area (Å²) in [6.07, 6.45) is 5.40. The lowest BCUT2D eigenvalue weighted by molar-refractivity contribution is 0.0951. The van der Waals surface area contributed by atoms with Gasteiger partial charge in [-0.3, -0.25) is 4.79 Å². The largest absolute Gasteiger partial charge is 0.473 e. The maximum Gasteiger partial charge on any atom is 0.251 e. The van der Waals surface area contributed by atoms with Gasteiger partial charge in [-0.2, -0.15) is 0 Å². The van der Waals surface area contributed by atoms with Crippen molar-refractivity contribution >= 4 is 22.6 Å². The Morgan fingerprint density at radius 1 is 1.06 bits per heavy atom. The van der Waals surface area contributed by atoms with Crippen LogP contribution < -0.4 is 10.1 Å². The number of aromatic nitrogens is 4. The molecular formula is C26H22FN5O2. The number of nitrogens with zero attached hydrogens (tertiary/aromatic N) is 4. The second-order valence-electron chi connectivity index (χ2n) is 8.17. The van der Waals surface area contributed by atoms with Crippen LogP contribution in [0.3, 0.4) is 0 Å². The van der Waals surface area contributed by atoms with Crippen LogP contribution >= 0.6 is 0 Å². The van der Waals surface area contributed by atoms with E-state index in [-0.39, 0.29) is 17.8 Å². The molecule has 0 aliphatic carbocycles. The number of imidazole rings is 1. The SMILES string of the molecule is CC(C)Oc1nc2ccc(C(=O)NCc3ccc4nccn4c3)cc2nc1-c1ccc(F)cc1. The highest BCUT2D eigenvalue weighted by molar-refractivity contribution is 5.97. The fourth-order valence-corrected chi connectivity index (χ4v) is 3.64. The molecule has 1 N–H and O–H groups in total. The Balaban J connectivity index is 1.43. The van der Waals surface area contributed by atoms with Crippen LogP contribution in [0.15, 0.2) is 73.2 Å². The van der Waals surface area contributed by atoms with E-state index in [4.69, 9.17) is 9.72 Å². The number of carbonyl (C=O) groups is 1. The van der Waals surface area contributed by atoms with Gasteiger partial charge in [0.1, 0.15) is 17.2 Å². The van der Waals surface area contributed by atoms with E-state index < -0.39 is 0 Å². The molecule has 0 saturated carbocycles. The monoisotopic (exact) mass is 455 g/mol. The predicted octanol–water partition coefficient (Wildman–Crippen LogP) is 4.80. The number of benzene rings is 2. The summed E-state index contributed by atoms with van der Waals surface area (Å²) in [6.45, 7) is 4.18. The molecule has 8 heteroatoms. The molecule has 2 aromatic carbocycles. The molecule has 7 nitrogen and oxygen atoms in total. The molecule has 0 atom stereocenters. The molecule has 0 radical (unpaired) electrons. The Labute approximate surface area is 195 Å².